The highest BCUT2D eigenvalue weighted by Crippen LogP contribution is 2.43. The zero-order chi connectivity index (χ0) is 13.6. The van der Waals surface area contributed by atoms with Crippen LogP contribution in [0.2, 0.25) is 0 Å². The van der Waals surface area contributed by atoms with E-state index < -0.39 is 4.32 Å². The van der Waals surface area contributed by atoms with Crippen LogP contribution in [0.3, 0.4) is 0 Å². The van der Waals surface area contributed by atoms with Gasteiger partial charge >= 0.3 is 0 Å². The van der Waals surface area contributed by atoms with Gasteiger partial charge in [-0.3, -0.25) is 14.6 Å². The fourth-order valence-electron chi connectivity index (χ4n) is 2.32. The van der Waals surface area contributed by atoms with Gasteiger partial charge in [-0.15, -0.1) is 0 Å². The molecule has 0 saturated heterocycles. The molecule has 0 unspecified atom stereocenters. The summed E-state index contributed by atoms with van der Waals surface area (Å²) in [4.78, 5) is 29.4. The molecule has 0 aliphatic heterocycles. The van der Waals surface area contributed by atoms with Crippen molar-refractivity contribution in [2.45, 2.75) is 11.2 Å². The summed E-state index contributed by atoms with van der Waals surface area (Å²) >= 11 is 3.34. The highest BCUT2D eigenvalue weighted by molar-refractivity contribution is 9.10. The molecule has 0 radical (unpaired) electrons. The SMILES string of the molecule is Cc1cccc(C2(Br)C(=O)c3ccccc3C2=O)n1. The first-order valence-corrected chi connectivity index (χ1v) is 6.66. The Kier molecular flexibility index (Phi) is 2.64. The van der Waals surface area contributed by atoms with Crippen molar-refractivity contribution < 1.29 is 9.59 Å². The van der Waals surface area contributed by atoms with E-state index in [0.29, 0.717) is 16.8 Å². The van der Waals surface area contributed by atoms with Crippen molar-refractivity contribution in [2.24, 2.45) is 0 Å². The first kappa shape index (κ1) is 12.2. The Balaban J connectivity index is 2.23. The minimum Gasteiger partial charge on any atom is -0.292 e. The molecular weight excluding hydrogens is 306 g/mol. The first-order chi connectivity index (χ1) is 9.05. The average molecular weight is 316 g/mol. The molecule has 1 aliphatic rings. The molecule has 4 heteroatoms. The number of halogens is 1. The molecule has 3 nitrogen and oxygen atoms in total. The Morgan fingerprint density at radius 2 is 1.53 bits per heavy atom. The van der Waals surface area contributed by atoms with Crippen molar-refractivity contribution in [1.29, 1.82) is 0 Å². The van der Waals surface area contributed by atoms with Crippen LogP contribution in [0.4, 0.5) is 0 Å². The second kappa shape index (κ2) is 4.10. The number of pyridine rings is 1. The summed E-state index contributed by atoms with van der Waals surface area (Å²) in [6.45, 7) is 1.83. The lowest BCUT2D eigenvalue weighted by Gasteiger charge is -2.17. The predicted molar refractivity (Wildman–Crippen MR) is 74.7 cm³/mol. The number of fused-ring (bicyclic) bond motifs is 1. The second-order valence-electron chi connectivity index (χ2n) is 4.53. The fraction of sp³-hybridized carbons (Fsp3) is 0.133. The van der Waals surface area contributed by atoms with Crippen LogP contribution in [0.1, 0.15) is 32.1 Å². The lowest BCUT2D eigenvalue weighted by atomic mass is 9.98. The van der Waals surface area contributed by atoms with Crippen molar-refractivity contribution in [3.8, 4) is 0 Å². The fourth-order valence-corrected chi connectivity index (χ4v) is 2.97. The highest BCUT2D eigenvalue weighted by atomic mass is 79.9. The third-order valence-corrected chi connectivity index (χ3v) is 4.41. The number of benzene rings is 1. The van der Waals surface area contributed by atoms with Crippen molar-refractivity contribution in [2.75, 3.05) is 0 Å². The number of rotatable bonds is 1. The first-order valence-electron chi connectivity index (χ1n) is 5.87. The van der Waals surface area contributed by atoms with Gasteiger partial charge in [-0.2, -0.15) is 0 Å². The summed E-state index contributed by atoms with van der Waals surface area (Å²) in [6.07, 6.45) is 0. The zero-order valence-corrected chi connectivity index (χ0v) is 11.8. The van der Waals surface area contributed by atoms with Gasteiger partial charge in [-0.05, 0) is 19.1 Å². The third-order valence-electron chi connectivity index (χ3n) is 3.28. The van der Waals surface area contributed by atoms with Crippen LogP contribution >= 0.6 is 15.9 Å². The van der Waals surface area contributed by atoms with E-state index in [1.54, 1.807) is 36.4 Å². The van der Waals surface area contributed by atoms with Crippen LogP contribution in [-0.2, 0) is 4.32 Å². The van der Waals surface area contributed by atoms with E-state index in [9.17, 15) is 9.59 Å². The number of carbonyl (C=O) groups excluding carboxylic acids is 2. The molecular formula is C15H10BrNO2. The standard InChI is InChI=1S/C15H10BrNO2/c1-9-5-4-8-12(17-9)15(16)13(18)10-6-2-3-7-11(10)14(15)19/h2-8H,1H3. The van der Waals surface area contributed by atoms with Crippen LogP contribution in [0, 0.1) is 6.92 Å². The van der Waals surface area contributed by atoms with Gasteiger partial charge in [0.25, 0.3) is 0 Å². The number of nitrogens with zero attached hydrogens (tertiary/aromatic N) is 1. The molecule has 0 atom stereocenters. The van der Waals surface area contributed by atoms with Gasteiger partial charge in [0.15, 0.2) is 15.9 Å². The summed E-state index contributed by atoms with van der Waals surface area (Å²) in [5.74, 6) is -0.489. The van der Waals surface area contributed by atoms with E-state index in [1.807, 2.05) is 13.0 Å². The molecule has 0 spiro atoms. The lowest BCUT2D eigenvalue weighted by Crippen LogP contribution is -2.32. The van der Waals surface area contributed by atoms with E-state index in [-0.39, 0.29) is 11.6 Å². The largest absolute Gasteiger partial charge is 0.292 e. The molecule has 19 heavy (non-hydrogen) atoms. The highest BCUT2D eigenvalue weighted by Gasteiger charge is 2.53. The van der Waals surface area contributed by atoms with E-state index >= 15 is 0 Å². The lowest BCUT2D eigenvalue weighted by molar-refractivity contribution is 0.0869. The van der Waals surface area contributed by atoms with Crippen molar-refractivity contribution in [1.82, 2.24) is 4.98 Å². The van der Waals surface area contributed by atoms with E-state index in [1.165, 1.54) is 0 Å². The zero-order valence-electron chi connectivity index (χ0n) is 10.2. The Morgan fingerprint density at radius 3 is 2.05 bits per heavy atom. The van der Waals surface area contributed by atoms with Crippen molar-refractivity contribution >= 4 is 27.5 Å². The molecule has 0 N–H and O–H groups in total. The van der Waals surface area contributed by atoms with E-state index in [4.69, 9.17) is 0 Å². The summed E-state index contributed by atoms with van der Waals surface area (Å²) in [5.41, 5.74) is 2.12. The monoisotopic (exact) mass is 315 g/mol. The number of hydrogen-bond acceptors (Lipinski definition) is 3. The number of carbonyl (C=O) groups is 2. The van der Waals surface area contributed by atoms with Gasteiger partial charge in [0, 0.05) is 16.8 Å². The number of aromatic nitrogens is 1. The summed E-state index contributed by atoms with van der Waals surface area (Å²) in [5, 5.41) is 0. The van der Waals surface area contributed by atoms with Crippen LogP contribution in [-0.4, -0.2) is 16.6 Å². The number of hydrogen-bond donors (Lipinski definition) is 0. The maximum Gasteiger partial charge on any atom is 0.194 e. The van der Waals surface area contributed by atoms with E-state index in [2.05, 4.69) is 20.9 Å². The molecule has 1 aliphatic carbocycles. The molecule has 1 aromatic carbocycles. The summed E-state index contributed by atoms with van der Waals surface area (Å²) < 4.78 is -1.37. The smallest absolute Gasteiger partial charge is 0.194 e. The molecule has 1 heterocycles. The second-order valence-corrected chi connectivity index (χ2v) is 5.72. The normalized spacial score (nSPS) is 16.5. The molecule has 0 fully saturated rings. The van der Waals surface area contributed by atoms with Gasteiger partial charge in [0.2, 0.25) is 0 Å². The Morgan fingerprint density at radius 1 is 0.947 bits per heavy atom. The average Bonchev–Trinajstić information content (AvgIpc) is 2.63. The minimum absolute atomic E-state index is 0.244. The molecule has 2 aromatic rings. The van der Waals surface area contributed by atoms with E-state index in [0.717, 1.165) is 5.69 Å². The number of Topliss-reactive ketones (excluding diaryl/α,β-unsaturated/α-hetero) is 2. The summed E-state index contributed by atoms with van der Waals surface area (Å²) in [7, 11) is 0. The molecule has 3 rings (SSSR count). The van der Waals surface area contributed by atoms with Gasteiger partial charge < -0.3 is 0 Å². The molecule has 0 bridgehead atoms. The topological polar surface area (TPSA) is 47.0 Å². The van der Waals surface area contributed by atoms with Crippen LogP contribution in [0.25, 0.3) is 0 Å². The van der Waals surface area contributed by atoms with Crippen LogP contribution in [0.15, 0.2) is 42.5 Å². The van der Waals surface area contributed by atoms with Gasteiger partial charge in [0.05, 0.1) is 5.69 Å². The maximum atomic E-state index is 12.5. The Hall–Kier alpha value is -1.81. The minimum atomic E-state index is -1.37. The number of alkyl halides is 1. The molecule has 0 saturated carbocycles. The quantitative estimate of drug-likeness (QED) is 0.600. The van der Waals surface area contributed by atoms with Crippen LogP contribution < -0.4 is 0 Å². The number of ketones is 2. The van der Waals surface area contributed by atoms with Gasteiger partial charge in [0.1, 0.15) is 0 Å². The Bertz CT molecular complexity index is 674. The number of aryl methyl sites for hydroxylation is 1. The summed E-state index contributed by atoms with van der Waals surface area (Å²) in [6, 6.07) is 12.2. The molecule has 1 aromatic heterocycles. The van der Waals surface area contributed by atoms with Gasteiger partial charge in [-0.25, -0.2) is 0 Å². The Labute approximate surface area is 118 Å². The van der Waals surface area contributed by atoms with Crippen molar-refractivity contribution in [3.63, 3.8) is 0 Å². The maximum absolute atomic E-state index is 12.5. The molecule has 94 valence electrons. The van der Waals surface area contributed by atoms with Crippen LogP contribution in [0.5, 0.6) is 0 Å². The predicted octanol–water partition coefficient (Wildman–Crippen LogP) is 3.06. The molecule has 0 amide bonds. The van der Waals surface area contributed by atoms with Gasteiger partial charge in [-0.1, -0.05) is 46.3 Å². The third kappa shape index (κ3) is 1.60. The van der Waals surface area contributed by atoms with Crippen molar-refractivity contribution in [3.05, 3.63) is 65.0 Å².